The molecule has 1 aliphatic heterocycles. The zero-order chi connectivity index (χ0) is 17.4. The SMILES string of the molecule is Cl.Cl.FC(F)(F)c1ccc(CNc2ncnc3sc4c(c23)CCNC4)cn1. The van der Waals surface area contributed by atoms with Crippen LogP contribution in [0.5, 0.6) is 0 Å². The smallest absolute Gasteiger partial charge is 0.365 e. The standard InChI is InChI=1S/C16H14F3N5S.2ClH/c17-16(18,19)12-2-1-9(5-21-12)6-22-14-13-10-3-4-20-7-11(10)25-15(13)24-8-23-14;;/h1-2,5,8,20H,3-4,6-7H2,(H,22,23,24);2*1H. The third-order valence-electron chi connectivity index (χ3n) is 4.08. The molecule has 0 spiro atoms. The third-order valence-corrected chi connectivity index (χ3v) is 5.22. The first-order valence-corrected chi connectivity index (χ1v) is 8.56. The van der Waals surface area contributed by atoms with Crippen LogP contribution >= 0.6 is 36.2 Å². The van der Waals surface area contributed by atoms with E-state index in [-0.39, 0.29) is 24.8 Å². The van der Waals surface area contributed by atoms with Crippen molar-refractivity contribution in [1.29, 1.82) is 0 Å². The highest BCUT2D eigenvalue weighted by molar-refractivity contribution is 7.18. The first kappa shape index (κ1) is 21.6. The van der Waals surface area contributed by atoms with Gasteiger partial charge in [-0.25, -0.2) is 9.97 Å². The van der Waals surface area contributed by atoms with Crippen LogP contribution in [0, 0.1) is 0 Å². The molecule has 0 aliphatic carbocycles. The molecule has 5 nitrogen and oxygen atoms in total. The molecule has 0 amide bonds. The molecule has 0 fully saturated rings. The molecule has 4 rings (SSSR count). The summed E-state index contributed by atoms with van der Waals surface area (Å²) >= 11 is 1.65. The molecule has 4 heterocycles. The second-order valence-electron chi connectivity index (χ2n) is 5.74. The molecule has 0 saturated carbocycles. The number of thiophene rings is 1. The Hall–Kier alpha value is -1.68. The zero-order valence-electron chi connectivity index (χ0n) is 13.8. The molecule has 11 heteroatoms. The van der Waals surface area contributed by atoms with E-state index in [1.165, 1.54) is 29.0 Å². The van der Waals surface area contributed by atoms with E-state index in [0.29, 0.717) is 17.9 Å². The highest BCUT2D eigenvalue weighted by Crippen LogP contribution is 2.35. The molecule has 0 atom stereocenters. The van der Waals surface area contributed by atoms with Gasteiger partial charge >= 0.3 is 6.18 Å². The van der Waals surface area contributed by atoms with Crippen LogP contribution in [0.2, 0.25) is 0 Å². The van der Waals surface area contributed by atoms with Gasteiger partial charge in [0, 0.05) is 24.2 Å². The van der Waals surface area contributed by atoms with Crippen molar-refractivity contribution < 1.29 is 13.2 Å². The number of halogens is 5. The first-order valence-electron chi connectivity index (χ1n) is 7.74. The van der Waals surface area contributed by atoms with Crippen LogP contribution in [-0.4, -0.2) is 21.5 Å². The van der Waals surface area contributed by atoms with Gasteiger partial charge in [-0.1, -0.05) is 6.07 Å². The molecule has 27 heavy (non-hydrogen) atoms. The van der Waals surface area contributed by atoms with Gasteiger partial charge in [0.05, 0.1) is 5.39 Å². The van der Waals surface area contributed by atoms with Crippen molar-refractivity contribution in [2.45, 2.75) is 25.7 Å². The minimum absolute atomic E-state index is 0. The lowest BCUT2D eigenvalue weighted by molar-refractivity contribution is -0.141. The molecule has 2 N–H and O–H groups in total. The summed E-state index contributed by atoms with van der Waals surface area (Å²) in [5, 5.41) is 7.57. The van der Waals surface area contributed by atoms with E-state index < -0.39 is 11.9 Å². The van der Waals surface area contributed by atoms with Gasteiger partial charge in [0.2, 0.25) is 0 Å². The van der Waals surface area contributed by atoms with Crippen molar-refractivity contribution in [3.05, 3.63) is 46.4 Å². The monoisotopic (exact) mass is 437 g/mol. The molecule has 1 aliphatic rings. The number of rotatable bonds is 3. The Balaban J connectivity index is 0.00000131. The van der Waals surface area contributed by atoms with Crippen LogP contribution in [0.3, 0.4) is 0 Å². The maximum absolute atomic E-state index is 12.6. The topological polar surface area (TPSA) is 62.7 Å². The van der Waals surface area contributed by atoms with Crippen molar-refractivity contribution in [1.82, 2.24) is 20.3 Å². The van der Waals surface area contributed by atoms with E-state index in [1.54, 1.807) is 11.3 Å². The fourth-order valence-electron chi connectivity index (χ4n) is 2.88. The van der Waals surface area contributed by atoms with E-state index in [1.807, 2.05) is 0 Å². The average molecular weight is 438 g/mol. The molecule has 0 aromatic carbocycles. The maximum atomic E-state index is 12.6. The number of fused-ring (bicyclic) bond motifs is 3. The average Bonchev–Trinajstić information content (AvgIpc) is 2.98. The molecule has 0 saturated heterocycles. The number of anilines is 1. The van der Waals surface area contributed by atoms with Crippen LogP contribution in [0.1, 0.15) is 21.7 Å². The fraction of sp³-hybridized carbons (Fsp3) is 0.312. The molecular weight excluding hydrogens is 422 g/mol. The first-order chi connectivity index (χ1) is 12.0. The second kappa shape index (κ2) is 8.55. The van der Waals surface area contributed by atoms with E-state index in [0.717, 1.165) is 35.8 Å². The summed E-state index contributed by atoms with van der Waals surface area (Å²) in [7, 11) is 0. The summed E-state index contributed by atoms with van der Waals surface area (Å²) in [6.07, 6.45) is -0.764. The predicted octanol–water partition coefficient (Wildman–Crippen LogP) is 4.21. The Morgan fingerprint density at radius 3 is 2.67 bits per heavy atom. The number of hydrogen-bond acceptors (Lipinski definition) is 6. The minimum Gasteiger partial charge on any atom is -0.365 e. The fourth-order valence-corrected chi connectivity index (χ4v) is 4.03. The van der Waals surface area contributed by atoms with Crippen LogP contribution in [0.15, 0.2) is 24.7 Å². The van der Waals surface area contributed by atoms with Gasteiger partial charge in [0.1, 0.15) is 22.7 Å². The third kappa shape index (κ3) is 4.43. The van der Waals surface area contributed by atoms with Crippen LogP contribution in [-0.2, 0) is 25.7 Å². The van der Waals surface area contributed by atoms with Crippen molar-refractivity contribution in [3.8, 4) is 0 Å². The lowest BCUT2D eigenvalue weighted by Gasteiger charge is -2.14. The lowest BCUT2D eigenvalue weighted by atomic mass is 10.1. The van der Waals surface area contributed by atoms with Gasteiger partial charge in [-0.2, -0.15) is 13.2 Å². The highest BCUT2D eigenvalue weighted by Gasteiger charge is 2.32. The van der Waals surface area contributed by atoms with E-state index in [9.17, 15) is 13.2 Å². The second-order valence-corrected chi connectivity index (χ2v) is 6.82. The Labute approximate surface area is 169 Å². The highest BCUT2D eigenvalue weighted by atomic mass is 35.5. The van der Waals surface area contributed by atoms with Gasteiger partial charge < -0.3 is 10.6 Å². The molecule has 3 aromatic heterocycles. The molecule has 146 valence electrons. The number of nitrogens with one attached hydrogen (secondary N) is 2. The quantitative estimate of drug-likeness (QED) is 0.642. The Morgan fingerprint density at radius 2 is 1.96 bits per heavy atom. The van der Waals surface area contributed by atoms with E-state index >= 15 is 0 Å². The summed E-state index contributed by atoms with van der Waals surface area (Å²) < 4.78 is 37.7. The zero-order valence-corrected chi connectivity index (χ0v) is 16.3. The van der Waals surface area contributed by atoms with Crippen LogP contribution < -0.4 is 10.6 Å². The molecule has 3 aromatic rings. The largest absolute Gasteiger partial charge is 0.433 e. The van der Waals surface area contributed by atoms with Crippen molar-refractivity contribution in [2.24, 2.45) is 0 Å². The number of pyridine rings is 1. The predicted molar refractivity (Wildman–Crippen MR) is 104 cm³/mol. The van der Waals surface area contributed by atoms with Gasteiger partial charge in [-0.3, -0.25) is 4.98 Å². The number of aromatic nitrogens is 3. The van der Waals surface area contributed by atoms with Crippen molar-refractivity contribution in [3.63, 3.8) is 0 Å². The molecule has 0 radical (unpaired) electrons. The Morgan fingerprint density at radius 1 is 1.15 bits per heavy atom. The number of alkyl halides is 3. The summed E-state index contributed by atoms with van der Waals surface area (Å²) in [5.41, 5.74) is 1.03. The van der Waals surface area contributed by atoms with Gasteiger partial charge in [0.25, 0.3) is 0 Å². The van der Waals surface area contributed by atoms with E-state index in [4.69, 9.17) is 0 Å². The summed E-state index contributed by atoms with van der Waals surface area (Å²) in [6, 6.07) is 2.42. The van der Waals surface area contributed by atoms with Crippen molar-refractivity contribution in [2.75, 3.05) is 11.9 Å². The van der Waals surface area contributed by atoms with Crippen LogP contribution in [0.4, 0.5) is 19.0 Å². The summed E-state index contributed by atoms with van der Waals surface area (Å²) in [5.74, 6) is 0.712. The normalized spacial score (nSPS) is 13.4. The van der Waals surface area contributed by atoms with Crippen molar-refractivity contribution >= 4 is 52.2 Å². The Bertz CT molecular complexity index is 915. The van der Waals surface area contributed by atoms with Gasteiger partial charge in [0.15, 0.2) is 0 Å². The van der Waals surface area contributed by atoms with E-state index in [2.05, 4.69) is 25.6 Å². The molecular formula is C16H16Cl2F3N5S. The van der Waals surface area contributed by atoms with Crippen LogP contribution in [0.25, 0.3) is 10.2 Å². The molecule has 0 bridgehead atoms. The summed E-state index contributed by atoms with van der Waals surface area (Å²) in [6.45, 7) is 2.09. The lowest BCUT2D eigenvalue weighted by Crippen LogP contribution is -2.22. The molecule has 0 unspecified atom stereocenters. The Kier molecular flexibility index (Phi) is 6.85. The minimum atomic E-state index is -4.42. The number of nitrogens with zero attached hydrogens (tertiary/aromatic N) is 3. The summed E-state index contributed by atoms with van der Waals surface area (Å²) in [4.78, 5) is 14.3. The maximum Gasteiger partial charge on any atom is 0.433 e. The van der Waals surface area contributed by atoms with Gasteiger partial charge in [-0.15, -0.1) is 36.2 Å². The van der Waals surface area contributed by atoms with Gasteiger partial charge in [-0.05, 0) is 30.2 Å². The number of hydrogen-bond donors (Lipinski definition) is 2.